The summed E-state index contributed by atoms with van der Waals surface area (Å²) < 4.78 is 40.7. The Hall–Kier alpha value is -3.17. The molecule has 0 bridgehead atoms. The number of pyridine rings is 1. The summed E-state index contributed by atoms with van der Waals surface area (Å²) in [5, 5.41) is 2.81. The van der Waals surface area contributed by atoms with E-state index < -0.39 is 11.7 Å². The second-order valence-corrected chi connectivity index (χ2v) is 7.51. The number of halogens is 3. The van der Waals surface area contributed by atoms with E-state index in [4.69, 9.17) is 0 Å². The first kappa shape index (κ1) is 17.9. The van der Waals surface area contributed by atoms with Crippen molar-refractivity contribution in [2.45, 2.75) is 19.0 Å². The highest BCUT2D eigenvalue weighted by molar-refractivity contribution is 5.89. The van der Waals surface area contributed by atoms with Crippen LogP contribution in [0, 0.1) is 5.41 Å². The number of alkyl halides is 3. The van der Waals surface area contributed by atoms with Crippen LogP contribution >= 0.6 is 0 Å². The van der Waals surface area contributed by atoms with Crippen LogP contribution in [0.1, 0.15) is 18.4 Å². The van der Waals surface area contributed by atoms with Crippen molar-refractivity contribution in [3.05, 3.63) is 42.4 Å². The third-order valence-corrected chi connectivity index (χ3v) is 5.67. The number of carbonyl (C=O) groups is 1. The number of rotatable bonds is 2. The zero-order valence-corrected chi connectivity index (χ0v) is 15.3. The number of β-lactam (4-membered cyclic amide) rings is 1. The largest absolute Gasteiger partial charge is 0.417 e. The van der Waals surface area contributed by atoms with E-state index in [1.165, 1.54) is 16.7 Å². The van der Waals surface area contributed by atoms with Crippen LogP contribution in [0.25, 0.3) is 17.2 Å². The Labute approximate surface area is 163 Å². The zero-order valence-electron chi connectivity index (χ0n) is 15.3. The third-order valence-electron chi connectivity index (χ3n) is 5.67. The van der Waals surface area contributed by atoms with Crippen LogP contribution < -0.4 is 10.2 Å². The van der Waals surface area contributed by atoms with Crippen molar-refractivity contribution < 1.29 is 18.0 Å². The highest BCUT2D eigenvalue weighted by atomic mass is 19.4. The number of nitrogens with one attached hydrogen (secondary N) is 1. The third kappa shape index (κ3) is 2.90. The molecule has 150 valence electrons. The number of piperidine rings is 1. The Kier molecular flexibility index (Phi) is 3.80. The predicted octanol–water partition coefficient (Wildman–Crippen LogP) is 2.53. The Balaban J connectivity index is 1.51. The van der Waals surface area contributed by atoms with E-state index in [1.807, 2.05) is 4.90 Å². The van der Waals surface area contributed by atoms with Gasteiger partial charge in [-0.1, -0.05) is 0 Å². The second-order valence-electron chi connectivity index (χ2n) is 7.51. The van der Waals surface area contributed by atoms with Gasteiger partial charge in [-0.15, -0.1) is 0 Å². The van der Waals surface area contributed by atoms with Gasteiger partial charge >= 0.3 is 6.18 Å². The molecule has 2 aliphatic heterocycles. The first-order valence-corrected chi connectivity index (χ1v) is 9.27. The average Bonchev–Trinajstić information content (AvgIpc) is 3.15. The molecular formula is C19H17F3N6O. The van der Waals surface area contributed by atoms with Gasteiger partial charge in [-0.3, -0.25) is 9.20 Å². The Morgan fingerprint density at radius 1 is 1.17 bits per heavy atom. The quantitative estimate of drug-likeness (QED) is 0.667. The summed E-state index contributed by atoms with van der Waals surface area (Å²) in [7, 11) is 0. The number of amides is 1. The number of hydrogen-bond donors (Lipinski definition) is 1. The first-order valence-electron chi connectivity index (χ1n) is 9.27. The minimum atomic E-state index is -4.45. The second kappa shape index (κ2) is 6.16. The minimum Gasteiger partial charge on any atom is -0.355 e. The molecule has 2 saturated heterocycles. The van der Waals surface area contributed by atoms with E-state index in [0.29, 0.717) is 30.2 Å². The summed E-state index contributed by atoms with van der Waals surface area (Å²) in [6, 6.07) is 4.07. The molecule has 2 fully saturated rings. The van der Waals surface area contributed by atoms with Gasteiger partial charge in [0.2, 0.25) is 5.91 Å². The fraction of sp³-hybridized carbons (Fsp3) is 0.368. The van der Waals surface area contributed by atoms with E-state index in [-0.39, 0.29) is 17.1 Å². The maximum Gasteiger partial charge on any atom is 0.417 e. The lowest BCUT2D eigenvalue weighted by Crippen LogP contribution is -2.65. The number of nitrogens with zero attached hydrogens (tertiary/aromatic N) is 5. The van der Waals surface area contributed by atoms with Gasteiger partial charge in [0, 0.05) is 32.0 Å². The Bertz CT molecular complexity index is 1110. The lowest BCUT2D eigenvalue weighted by Gasteiger charge is -2.47. The van der Waals surface area contributed by atoms with Crippen LogP contribution in [0.3, 0.4) is 0 Å². The Morgan fingerprint density at radius 2 is 2.03 bits per heavy atom. The Morgan fingerprint density at radius 3 is 2.76 bits per heavy atom. The standard InChI is InChI=1S/C19H17F3N6O/c20-19(21,22)12-2-3-14-24-8-13(28(14)9-12)16-23-6-4-15(26-16)27-7-1-5-18(11-27)10-25-17(18)29/h2-4,6,8-9H,1,5,7,10-11H2,(H,25,29)/t18-/m1/s1. The molecule has 10 heteroatoms. The molecule has 3 aromatic heterocycles. The van der Waals surface area contributed by atoms with Gasteiger partial charge in [-0.2, -0.15) is 13.2 Å². The summed E-state index contributed by atoms with van der Waals surface area (Å²) >= 11 is 0. The number of hydrogen-bond acceptors (Lipinski definition) is 5. The highest BCUT2D eigenvalue weighted by Crippen LogP contribution is 2.36. The maximum atomic E-state index is 13.1. The molecule has 1 atom stereocenters. The van der Waals surface area contributed by atoms with Crippen molar-refractivity contribution in [3.8, 4) is 11.5 Å². The van der Waals surface area contributed by atoms with E-state index in [0.717, 1.165) is 31.6 Å². The summed E-state index contributed by atoms with van der Waals surface area (Å²) in [5.74, 6) is 1.00. The van der Waals surface area contributed by atoms with Crippen LogP contribution in [-0.2, 0) is 11.0 Å². The fourth-order valence-electron chi connectivity index (χ4n) is 4.03. The zero-order chi connectivity index (χ0) is 20.2. The smallest absolute Gasteiger partial charge is 0.355 e. The molecule has 0 aliphatic carbocycles. The molecule has 29 heavy (non-hydrogen) atoms. The summed E-state index contributed by atoms with van der Waals surface area (Å²) in [5.41, 5.74) is -0.380. The van der Waals surface area contributed by atoms with Gasteiger partial charge in [-0.05, 0) is 31.0 Å². The average molecular weight is 402 g/mol. The van der Waals surface area contributed by atoms with Crippen molar-refractivity contribution in [2.75, 3.05) is 24.5 Å². The molecule has 7 nitrogen and oxygen atoms in total. The first-order chi connectivity index (χ1) is 13.9. The fourth-order valence-corrected chi connectivity index (χ4v) is 4.03. The number of fused-ring (bicyclic) bond motifs is 1. The van der Waals surface area contributed by atoms with Crippen LogP contribution in [0.15, 0.2) is 36.8 Å². The van der Waals surface area contributed by atoms with Crippen molar-refractivity contribution in [3.63, 3.8) is 0 Å². The molecule has 0 aromatic carbocycles. The van der Waals surface area contributed by atoms with Gasteiger partial charge < -0.3 is 10.2 Å². The summed E-state index contributed by atoms with van der Waals surface area (Å²) in [6.45, 7) is 1.99. The van der Waals surface area contributed by atoms with Crippen LogP contribution in [0.2, 0.25) is 0 Å². The molecule has 0 radical (unpaired) electrons. The molecule has 0 saturated carbocycles. The van der Waals surface area contributed by atoms with Gasteiger partial charge in [-0.25, -0.2) is 15.0 Å². The summed E-state index contributed by atoms with van der Waals surface area (Å²) in [6.07, 6.45) is 1.31. The molecule has 0 unspecified atom stereocenters. The van der Waals surface area contributed by atoms with Gasteiger partial charge in [0.15, 0.2) is 5.82 Å². The molecule has 1 amide bonds. The molecule has 5 rings (SSSR count). The predicted molar refractivity (Wildman–Crippen MR) is 98.1 cm³/mol. The molecule has 2 aliphatic rings. The van der Waals surface area contributed by atoms with Crippen LogP contribution in [0.4, 0.5) is 19.0 Å². The highest BCUT2D eigenvalue weighted by Gasteiger charge is 2.49. The van der Waals surface area contributed by atoms with Crippen LogP contribution in [0.5, 0.6) is 0 Å². The van der Waals surface area contributed by atoms with E-state index in [2.05, 4.69) is 20.3 Å². The van der Waals surface area contributed by atoms with Gasteiger partial charge in [0.05, 0.1) is 17.2 Å². The number of anilines is 1. The van der Waals surface area contributed by atoms with Gasteiger partial charge in [0.25, 0.3) is 0 Å². The number of aromatic nitrogens is 4. The number of carbonyl (C=O) groups excluding carboxylic acids is 1. The molecule has 3 aromatic rings. The number of imidazole rings is 1. The van der Waals surface area contributed by atoms with Crippen molar-refractivity contribution in [1.82, 2.24) is 24.7 Å². The van der Waals surface area contributed by atoms with E-state index >= 15 is 0 Å². The minimum absolute atomic E-state index is 0.0675. The SMILES string of the molecule is O=C1NC[C@@]12CCCN(c1ccnc(-c3cnc4ccc(C(F)(F)F)cn34)n1)C2. The molecular weight excluding hydrogens is 385 g/mol. The normalized spacial score (nSPS) is 22.0. The topological polar surface area (TPSA) is 75.4 Å². The summed E-state index contributed by atoms with van der Waals surface area (Å²) in [4.78, 5) is 27.0. The molecule has 1 spiro atoms. The van der Waals surface area contributed by atoms with Crippen molar-refractivity contribution in [2.24, 2.45) is 5.41 Å². The van der Waals surface area contributed by atoms with E-state index in [1.54, 1.807) is 12.3 Å². The van der Waals surface area contributed by atoms with Gasteiger partial charge in [0.1, 0.15) is 17.2 Å². The van der Waals surface area contributed by atoms with Crippen molar-refractivity contribution in [1.29, 1.82) is 0 Å². The van der Waals surface area contributed by atoms with Crippen molar-refractivity contribution >= 4 is 17.4 Å². The molecule has 5 heterocycles. The lowest BCUT2D eigenvalue weighted by atomic mass is 9.74. The lowest BCUT2D eigenvalue weighted by molar-refractivity contribution is -0.140. The molecule has 1 N–H and O–H groups in total. The maximum absolute atomic E-state index is 13.1. The monoisotopic (exact) mass is 402 g/mol. The van der Waals surface area contributed by atoms with E-state index in [9.17, 15) is 18.0 Å². The van der Waals surface area contributed by atoms with Crippen LogP contribution in [-0.4, -0.2) is 44.9 Å².